The lowest BCUT2D eigenvalue weighted by atomic mass is 10.0. The lowest BCUT2D eigenvalue weighted by molar-refractivity contribution is 0.482. The van der Waals surface area contributed by atoms with E-state index in [4.69, 9.17) is 4.52 Å². The molecule has 1 N–H and O–H groups in total. The first kappa shape index (κ1) is 17.8. The summed E-state index contributed by atoms with van der Waals surface area (Å²) in [7, 11) is -3.34. The molecule has 0 amide bonds. The molecule has 3 nitrogen and oxygen atoms in total. The van der Waals surface area contributed by atoms with Crippen molar-refractivity contribution >= 4 is 18.4 Å². The summed E-state index contributed by atoms with van der Waals surface area (Å²) >= 11 is 0. The maximum atomic E-state index is 14.6. The lowest BCUT2D eigenvalue weighted by Gasteiger charge is -2.34. The molecule has 0 fully saturated rings. The highest BCUT2D eigenvalue weighted by atomic mass is 31.2. The molecule has 2 atom stereocenters. The summed E-state index contributed by atoms with van der Waals surface area (Å²) < 4.78 is 21.0. The fourth-order valence-corrected chi connectivity index (χ4v) is 6.46. The summed E-state index contributed by atoms with van der Waals surface area (Å²) in [5.74, 6) is 0.144. The van der Waals surface area contributed by atoms with Gasteiger partial charge >= 0.3 is 7.37 Å². The molecule has 0 bridgehead atoms. The minimum Gasteiger partial charge on any atom is -0.438 e. The van der Waals surface area contributed by atoms with Gasteiger partial charge in [0.05, 0.1) is 5.30 Å². The van der Waals surface area contributed by atoms with Crippen LogP contribution in [0.3, 0.4) is 0 Å². The molecule has 0 saturated heterocycles. The topological polar surface area (TPSA) is 38.3 Å². The van der Waals surface area contributed by atoms with Crippen LogP contribution in [0.25, 0.3) is 11.1 Å². The van der Waals surface area contributed by atoms with Crippen LogP contribution in [0, 0.1) is 0 Å². The molecule has 1 heterocycles. The van der Waals surface area contributed by atoms with E-state index in [9.17, 15) is 4.57 Å². The van der Waals surface area contributed by atoms with Crippen molar-refractivity contribution in [2.75, 3.05) is 5.32 Å². The number of rotatable bonds is 4. The zero-order chi connectivity index (χ0) is 19.7. The predicted molar refractivity (Wildman–Crippen MR) is 119 cm³/mol. The van der Waals surface area contributed by atoms with E-state index in [-0.39, 0.29) is 0 Å². The molecule has 4 heteroatoms. The minimum absolute atomic E-state index is 0.513. The average molecular weight is 397 g/mol. The van der Waals surface area contributed by atoms with Gasteiger partial charge in [0.15, 0.2) is 0 Å². The standard InChI is InChI=1S/C25H20NO2P/c27-29(24-18-10-8-16-22(24)21-15-7-9-17-23(21)28-29)25(19-11-3-1-4-12-19)26-20-13-5-2-6-14-20/h1-18,25-26H. The second kappa shape index (κ2) is 7.27. The van der Waals surface area contributed by atoms with Crippen LogP contribution in [0.1, 0.15) is 11.3 Å². The Morgan fingerprint density at radius 3 is 2.00 bits per heavy atom. The van der Waals surface area contributed by atoms with Crippen molar-refractivity contribution in [1.82, 2.24) is 0 Å². The number of anilines is 1. The van der Waals surface area contributed by atoms with Crippen LogP contribution in [0.5, 0.6) is 5.75 Å². The molecule has 1 aliphatic rings. The van der Waals surface area contributed by atoms with Crippen LogP contribution >= 0.6 is 7.37 Å². The summed E-state index contributed by atoms with van der Waals surface area (Å²) in [5.41, 5.74) is 3.76. The van der Waals surface area contributed by atoms with E-state index in [1.54, 1.807) is 0 Å². The third-order valence-corrected chi connectivity index (χ3v) is 7.82. The van der Waals surface area contributed by atoms with E-state index < -0.39 is 13.2 Å². The second-order valence-corrected chi connectivity index (χ2v) is 9.40. The van der Waals surface area contributed by atoms with Gasteiger partial charge < -0.3 is 9.84 Å². The van der Waals surface area contributed by atoms with Gasteiger partial charge in [0, 0.05) is 11.3 Å². The molecular formula is C25H20NO2P. The highest BCUT2D eigenvalue weighted by Crippen LogP contribution is 2.63. The van der Waals surface area contributed by atoms with E-state index in [2.05, 4.69) is 5.32 Å². The second-order valence-electron chi connectivity index (χ2n) is 7.03. The Bertz CT molecular complexity index is 1190. The highest BCUT2D eigenvalue weighted by molar-refractivity contribution is 7.68. The Hall–Kier alpha value is -3.29. The van der Waals surface area contributed by atoms with Gasteiger partial charge in [-0.1, -0.05) is 84.9 Å². The number of hydrogen-bond acceptors (Lipinski definition) is 3. The fourth-order valence-electron chi connectivity index (χ4n) is 3.82. The lowest BCUT2D eigenvalue weighted by Crippen LogP contribution is -2.26. The number of fused-ring (bicyclic) bond motifs is 3. The van der Waals surface area contributed by atoms with Crippen molar-refractivity contribution in [2.45, 2.75) is 5.78 Å². The van der Waals surface area contributed by atoms with Gasteiger partial charge in [-0.3, -0.25) is 4.57 Å². The summed E-state index contributed by atoms with van der Waals surface area (Å²) in [6.45, 7) is 0. The van der Waals surface area contributed by atoms with Crippen molar-refractivity contribution in [3.05, 3.63) is 115 Å². The monoisotopic (exact) mass is 397 g/mol. The van der Waals surface area contributed by atoms with E-state index in [0.29, 0.717) is 5.75 Å². The molecule has 0 aromatic heterocycles. The van der Waals surface area contributed by atoms with Gasteiger partial charge in [0.25, 0.3) is 0 Å². The molecule has 4 aromatic rings. The molecule has 4 aromatic carbocycles. The summed E-state index contributed by atoms with van der Waals surface area (Å²) in [4.78, 5) is 0. The molecular weight excluding hydrogens is 377 g/mol. The highest BCUT2D eigenvalue weighted by Gasteiger charge is 2.43. The minimum atomic E-state index is -3.34. The van der Waals surface area contributed by atoms with Crippen molar-refractivity contribution in [1.29, 1.82) is 0 Å². The van der Waals surface area contributed by atoms with E-state index >= 15 is 0 Å². The molecule has 29 heavy (non-hydrogen) atoms. The third-order valence-electron chi connectivity index (χ3n) is 5.18. The predicted octanol–water partition coefficient (Wildman–Crippen LogP) is 6.46. The van der Waals surface area contributed by atoms with Crippen molar-refractivity contribution in [2.24, 2.45) is 0 Å². The fraction of sp³-hybridized carbons (Fsp3) is 0.0400. The first-order valence-electron chi connectivity index (χ1n) is 9.60. The summed E-state index contributed by atoms with van der Waals surface area (Å²) in [5, 5.41) is 4.24. The normalized spacial score (nSPS) is 18.1. The molecule has 2 unspecified atom stereocenters. The van der Waals surface area contributed by atoms with Crippen LogP contribution in [0.4, 0.5) is 5.69 Å². The zero-order valence-corrected chi connectivity index (χ0v) is 16.6. The van der Waals surface area contributed by atoms with Gasteiger partial charge in [0.2, 0.25) is 0 Å². The Morgan fingerprint density at radius 2 is 1.24 bits per heavy atom. The maximum Gasteiger partial charge on any atom is 0.303 e. The molecule has 142 valence electrons. The Labute approximate surface area is 170 Å². The van der Waals surface area contributed by atoms with Gasteiger partial charge in [0.1, 0.15) is 11.5 Å². The first-order valence-corrected chi connectivity index (χ1v) is 11.3. The summed E-state index contributed by atoms with van der Waals surface area (Å²) in [6.07, 6.45) is 0. The molecule has 0 aliphatic carbocycles. The van der Waals surface area contributed by atoms with Crippen molar-refractivity contribution < 1.29 is 9.09 Å². The number of nitrogens with one attached hydrogen (secondary N) is 1. The number of hydrogen-bond donors (Lipinski definition) is 1. The van der Waals surface area contributed by atoms with Crippen LogP contribution < -0.4 is 15.1 Å². The van der Waals surface area contributed by atoms with Crippen molar-refractivity contribution in [3.63, 3.8) is 0 Å². The van der Waals surface area contributed by atoms with E-state index in [0.717, 1.165) is 27.7 Å². The van der Waals surface area contributed by atoms with Gasteiger partial charge in [-0.15, -0.1) is 0 Å². The quantitative estimate of drug-likeness (QED) is 0.402. The van der Waals surface area contributed by atoms with Crippen LogP contribution in [0.2, 0.25) is 0 Å². The molecule has 1 aliphatic heterocycles. The molecule has 0 saturated carbocycles. The number of benzene rings is 4. The SMILES string of the molecule is O=P1(C(Nc2ccccc2)c2ccccc2)Oc2ccccc2-c2ccccc21. The van der Waals surface area contributed by atoms with Crippen molar-refractivity contribution in [3.8, 4) is 16.9 Å². The third kappa shape index (κ3) is 3.14. The van der Waals surface area contributed by atoms with E-state index in [1.807, 2.05) is 109 Å². The molecule has 0 spiro atoms. The Kier molecular flexibility index (Phi) is 4.46. The van der Waals surface area contributed by atoms with Crippen LogP contribution in [-0.2, 0) is 4.57 Å². The number of para-hydroxylation sites is 2. The zero-order valence-electron chi connectivity index (χ0n) is 15.7. The molecule has 5 rings (SSSR count). The largest absolute Gasteiger partial charge is 0.438 e. The molecule has 0 radical (unpaired) electrons. The maximum absolute atomic E-state index is 14.6. The van der Waals surface area contributed by atoms with Gasteiger partial charge in [-0.25, -0.2) is 0 Å². The van der Waals surface area contributed by atoms with E-state index in [1.165, 1.54) is 0 Å². The van der Waals surface area contributed by atoms with Gasteiger partial charge in [-0.2, -0.15) is 0 Å². The van der Waals surface area contributed by atoms with Crippen LogP contribution in [-0.4, -0.2) is 0 Å². The Balaban J connectivity index is 1.70. The van der Waals surface area contributed by atoms with Gasteiger partial charge in [-0.05, 0) is 35.4 Å². The average Bonchev–Trinajstić information content (AvgIpc) is 2.79. The first-order chi connectivity index (χ1) is 14.3. The summed E-state index contributed by atoms with van der Waals surface area (Å²) in [6, 6.07) is 35.4. The van der Waals surface area contributed by atoms with Crippen LogP contribution in [0.15, 0.2) is 109 Å². The smallest absolute Gasteiger partial charge is 0.303 e. The Morgan fingerprint density at radius 1 is 0.655 bits per heavy atom.